The Balaban J connectivity index is 3.15. The van der Waals surface area contributed by atoms with Crippen molar-refractivity contribution in [3.8, 4) is 0 Å². The summed E-state index contributed by atoms with van der Waals surface area (Å²) in [5.74, 6) is 0. The van der Waals surface area contributed by atoms with Crippen LogP contribution in [0.3, 0.4) is 0 Å². The van der Waals surface area contributed by atoms with E-state index in [1.165, 1.54) is 0 Å². The first-order valence-electron chi connectivity index (χ1n) is 1.79. The molecule has 1 nitrogen and oxygen atoms in total. The summed E-state index contributed by atoms with van der Waals surface area (Å²) in [7, 11) is 0. The number of rotatable bonds is 2. The molecule has 0 unspecified atom stereocenters. The second-order valence-corrected chi connectivity index (χ2v) is 1.99. The van der Waals surface area contributed by atoms with E-state index in [1.54, 1.807) is 0 Å². The van der Waals surface area contributed by atoms with Crippen molar-refractivity contribution in [3.05, 3.63) is 0 Å². The summed E-state index contributed by atoms with van der Waals surface area (Å²) in [5.41, 5.74) is 4.28. The van der Waals surface area contributed by atoms with Gasteiger partial charge in [0.2, 0.25) is 0 Å². The Kier molecular flexibility index (Phi) is 2.68. The van der Waals surface area contributed by atoms with Crippen LogP contribution in [0, 0.1) is 0 Å². The lowest BCUT2D eigenvalue weighted by atomic mass is 10.4. The van der Waals surface area contributed by atoms with Crippen molar-refractivity contribution in [2.45, 2.75) is 12.5 Å². The maximum atomic E-state index is 11.5. The SMILES string of the molecule is NC(F)(F)CCBr. The number of hydrogen-bond acceptors (Lipinski definition) is 1. The highest BCUT2D eigenvalue weighted by molar-refractivity contribution is 9.09. The molecule has 0 heterocycles. The van der Waals surface area contributed by atoms with Crippen LogP contribution in [0.1, 0.15) is 6.42 Å². The minimum Gasteiger partial charge on any atom is -0.272 e. The van der Waals surface area contributed by atoms with Gasteiger partial charge in [-0.25, -0.2) is 0 Å². The summed E-state index contributed by atoms with van der Waals surface area (Å²) in [6.07, 6.45) is -0.299. The fourth-order valence-electron chi connectivity index (χ4n) is 0.126. The predicted octanol–water partition coefficient (Wildman–Crippen LogP) is 1.32. The summed E-state index contributed by atoms with van der Waals surface area (Å²) in [4.78, 5) is 0. The van der Waals surface area contributed by atoms with E-state index in [1.807, 2.05) is 0 Å². The fourth-order valence-corrected chi connectivity index (χ4v) is 0.655. The van der Waals surface area contributed by atoms with Crippen molar-refractivity contribution in [1.82, 2.24) is 0 Å². The Bertz CT molecular complexity index is 51.4. The fraction of sp³-hybridized carbons (Fsp3) is 1.00. The molecule has 0 saturated heterocycles. The van der Waals surface area contributed by atoms with Crippen molar-refractivity contribution in [3.63, 3.8) is 0 Å². The van der Waals surface area contributed by atoms with Gasteiger partial charge in [-0.15, -0.1) is 0 Å². The maximum absolute atomic E-state index is 11.5. The van der Waals surface area contributed by atoms with E-state index in [0.717, 1.165) is 0 Å². The smallest absolute Gasteiger partial charge is 0.272 e. The lowest BCUT2D eigenvalue weighted by Crippen LogP contribution is -2.28. The molecule has 0 spiro atoms. The zero-order valence-corrected chi connectivity index (χ0v) is 5.21. The van der Waals surface area contributed by atoms with Gasteiger partial charge in [0.05, 0.1) is 0 Å². The molecule has 0 aromatic heterocycles. The molecule has 0 atom stereocenters. The van der Waals surface area contributed by atoms with E-state index in [0.29, 0.717) is 0 Å². The van der Waals surface area contributed by atoms with Crippen LogP contribution in [0.25, 0.3) is 0 Å². The molecule has 2 N–H and O–H groups in total. The summed E-state index contributed by atoms with van der Waals surface area (Å²) in [6.45, 7) is 0. The molecule has 7 heavy (non-hydrogen) atoms. The molecule has 0 aliphatic rings. The normalized spacial score (nSPS) is 12.0. The predicted molar refractivity (Wildman–Crippen MR) is 27.5 cm³/mol. The zero-order valence-electron chi connectivity index (χ0n) is 3.63. The molecule has 0 radical (unpaired) electrons. The highest BCUT2D eigenvalue weighted by Gasteiger charge is 2.19. The molecule has 44 valence electrons. The van der Waals surface area contributed by atoms with Gasteiger partial charge in [0.25, 0.3) is 0 Å². The molecule has 0 aliphatic heterocycles. The van der Waals surface area contributed by atoms with Crippen LogP contribution in [0.2, 0.25) is 0 Å². The van der Waals surface area contributed by atoms with Crippen LogP contribution in [-0.2, 0) is 0 Å². The molecule has 0 bridgehead atoms. The average molecular weight is 174 g/mol. The monoisotopic (exact) mass is 173 g/mol. The highest BCUT2D eigenvalue weighted by atomic mass is 79.9. The van der Waals surface area contributed by atoms with Crippen LogP contribution in [0.15, 0.2) is 0 Å². The van der Waals surface area contributed by atoms with Crippen LogP contribution in [0.5, 0.6) is 0 Å². The first-order valence-corrected chi connectivity index (χ1v) is 2.91. The minimum atomic E-state index is -3.00. The molecule has 0 aliphatic carbocycles. The Morgan fingerprint density at radius 1 is 1.57 bits per heavy atom. The molecule has 0 saturated carbocycles. The zero-order chi connectivity index (χ0) is 5.91. The molecule has 0 fully saturated rings. The van der Waals surface area contributed by atoms with Gasteiger partial charge in [0.15, 0.2) is 0 Å². The first kappa shape index (κ1) is 7.30. The quantitative estimate of drug-likeness (QED) is 0.495. The van der Waals surface area contributed by atoms with Crippen molar-refractivity contribution >= 4 is 15.9 Å². The summed E-state index contributed by atoms with van der Waals surface area (Å²) in [6, 6.07) is -3.00. The Hall–Kier alpha value is 0.300. The Morgan fingerprint density at radius 3 is 2.00 bits per heavy atom. The topological polar surface area (TPSA) is 26.0 Å². The van der Waals surface area contributed by atoms with Gasteiger partial charge in [-0.3, -0.25) is 5.73 Å². The van der Waals surface area contributed by atoms with Crippen LogP contribution in [-0.4, -0.2) is 11.4 Å². The largest absolute Gasteiger partial charge is 0.300 e. The van der Waals surface area contributed by atoms with Gasteiger partial charge in [-0.1, -0.05) is 15.9 Å². The number of halogens is 3. The van der Waals surface area contributed by atoms with Crippen molar-refractivity contribution in [1.29, 1.82) is 0 Å². The van der Waals surface area contributed by atoms with Gasteiger partial charge in [0, 0.05) is 11.8 Å². The van der Waals surface area contributed by atoms with Gasteiger partial charge in [0.1, 0.15) is 0 Å². The highest BCUT2D eigenvalue weighted by Crippen LogP contribution is 2.10. The second kappa shape index (κ2) is 2.57. The van der Waals surface area contributed by atoms with Gasteiger partial charge in [-0.05, 0) is 0 Å². The second-order valence-electron chi connectivity index (χ2n) is 1.20. The van der Waals surface area contributed by atoms with E-state index in [4.69, 9.17) is 0 Å². The first-order chi connectivity index (χ1) is 3.06. The molecule has 0 aromatic rings. The third kappa shape index (κ3) is 6.30. The van der Waals surface area contributed by atoms with Crippen LogP contribution < -0.4 is 5.73 Å². The standard InChI is InChI=1S/C3H6BrF2N/c4-2-1-3(5,6)7/h1-2,7H2. The molecular weight excluding hydrogens is 168 g/mol. The minimum absolute atomic E-state index is 0.247. The molecule has 0 aromatic carbocycles. The lowest BCUT2D eigenvalue weighted by molar-refractivity contribution is 0.00587. The van der Waals surface area contributed by atoms with Gasteiger partial charge in [-0.2, -0.15) is 8.78 Å². The summed E-state index contributed by atoms with van der Waals surface area (Å²) in [5, 5.41) is 0.247. The molecule has 0 amide bonds. The van der Waals surface area contributed by atoms with E-state index in [9.17, 15) is 8.78 Å². The summed E-state index contributed by atoms with van der Waals surface area (Å²) >= 11 is 2.83. The van der Waals surface area contributed by atoms with Crippen molar-refractivity contribution < 1.29 is 8.78 Å². The van der Waals surface area contributed by atoms with Crippen molar-refractivity contribution in [2.24, 2.45) is 5.73 Å². The number of nitrogens with two attached hydrogens (primary N) is 1. The van der Waals surface area contributed by atoms with Crippen molar-refractivity contribution in [2.75, 3.05) is 5.33 Å². The average Bonchev–Trinajstić information content (AvgIpc) is 1.30. The molecule has 0 rings (SSSR count). The van der Waals surface area contributed by atoms with Gasteiger partial charge < -0.3 is 0 Å². The Morgan fingerprint density at radius 2 is 2.00 bits per heavy atom. The maximum Gasteiger partial charge on any atom is 0.300 e. The third-order valence-corrected chi connectivity index (χ3v) is 0.824. The van der Waals surface area contributed by atoms with E-state index >= 15 is 0 Å². The van der Waals surface area contributed by atoms with E-state index < -0.39 is 6.05 Å². The van der Waals surface area contributed by atoms with E-state index in [2.05, 4.69) is 21.7 Å². The molecular formula is C3H6BrF2N. The molecule has 4 heteroatoms. The van der Waals surface area contributed by atoms with Crippen LogP contribution in [0.4, 0.5) is 8.78 Å². The lowest BCUT2D eigenvalue weighted by Gasteiger charge is -2.04. The number of hydrogen-bond donors (Lipinski definition) is 1. The van der Waals surface area contributed by atoms with Crippen LogP contribution >= 0.6 is 15.9 Å². The van der Waals surface area contributed by atoms with E-state index in [-0.39, 0.29) is 11.8 Å². The third-order valence-electron chi connectivity index (χ3n) is 0.428. The Labute approximate surface area is 49.0 Å². The number of alkyl halides is 3. The van der Waals surface area contributed by atoms with Gasteiger partial charge >= 0.3 is 6.05 Å². The summed E-state index contributed by atoms with van der Waals surface area (Å²) < 4.78 is 22.9.